The minimum atomic E-state index is -0.462. The summed E-state index contributed by atoms with van der Waals surface area (Å²) in [5.74, 6) is -0.732. The SMILES string of the molecule is O=C(Nc1cccnc1Nc1ccc(F)cc1)c1cn(Cc2ccc(F)cc2)nn1. The van der Waals surface area contributed by atoms with Crippen LogP contribution < -0.4 is 10.6 Å². The fraction of sp³-hybridized carbons (Fsp3) is 0.0476. The number of aromatic nitrogens is 4. The first-order valence-electron chi connectivity index (χ1n) is 9.00. The second-order valence-corrected chi connectivity index (χ2v) is 6.41. The maximum absolute atomic E-state index is 13.1. The average molecular weight is 406 g/mol. The van der Waals surface area contributed by atoms with E-state index in [1.807, 2.05) is 0 Å². The van der Waals surface area contributed by atoms with Crippen LogP contribution in [-0.2, 0) is 6.54 Å². The molecule has 0 aliphatic rings. The van der Waals surface area contributed by atoms with Crippen molar-refractivity contribution in [2.45, 2.75) is 6.54 Å². The summed E-state index contributed by atoms with van der Waals surface area (Å²) in [6, 6.07) is 15.1. The quantitative estimate of drug-likeness (QED) is 0.506. The zero-order chi connectivity index (χ0) is 20.9. The second-order valence-electron chi connectivity index (χ2n) is 6.41. The summed E-state index contributed by atoms with van der Waals surface area (Å²) in [5.41, 5.74) is 2.00. The Labute approximate surface area is 170 Å². The van der Waals surface area contributed by atoms with Crippen molar-refractivity contribution in [3.63, 3.8) is 0 Å². The summed E-state index contributed by atoms with van der Waals surface area (Å²) in [4.78, 5) is 16.8. The standard InChI is InChI=1S/C21H16F2N6O/c22-15-5-3-14(4-6-15)12-29-13-19(27-28-29)21(30)26-18-2-1-11-24-20(18)25-17-9-7-16(23)8-10-17/h1-11,13H,12H2,(H,24,25)(H,26,30). The minimum absolute atomic E-state index is 0.119. The van der Waals surface area contributed by atoms with Crippen LogP contribution >= 0.6 is 0 Å². The fourth-order valence-electron chi connectivity index (χ4n) is 2.72. The highest BCUT2D eigenvalue weighted by Crippen LogP contribution is 2.23. The lowest BCUT2D eigenvalue weighted by Gasteiger charge is -2.11. The smallest absolute Gasteiger partial charge is 0.277 e. The van der Waals surface area contributed by atoms with Gasteiger partial charge in [-0.05, 0) is 54.1 Å². The molecule has 0 spiro atoms. The predicted octanol–water partition coefficient (Wildman–Crippen LogP) is 4.00. The molecule has 0 saturated heterocycles. The fourth-order valence-corrected chi connectivity index (χ4v) is 2.72. The van der Waals surface area contributed by atoms with Crippen molar-refractivity contribution in [3.8, 4) is 0 Å². The highest BCUT2D eigenvalue weighted by molar-refractivity contribution is 6.04. The molecule has 7 nitrogen and oxygen atoms in total. The van der Waals surface area contributed by atoms with Crippen LogP contribution in [0.15, 0.2) is 73.1 Å². The van der Waals surface area contributed by atoms with Crippen LogP contribution in [0, 0.1) is 11.6 Å². The normalized spacial score (nSPS) is 10.6. The molecule has 150 valence electrons. The third-order valence-electron chi connectivity index (χ3n) is 4.19. The summed E-state index contributed by atoms with van der Waals surface area (Å²) in [7, 11) is 0. The molecule has 2 heterocycles. The molecule has 0 fully saturated rings. The van der Waals surface area contributed by atoms with E-state index in [1.54, 1.807) is 42.6 Å². The van der Waals surface area contributed by atoms with Gasteiger partial charge in [0.15, 0.2) is 11.5 Å². The molecular weight excluding hydrogens is 390 g/mol. The zero-order valence-electron chi connectivity index (χ0n) is 15.6. The van der Waals surface area contributed by atoms with Crippen molar-refractivity contribution in [1.29, 1.82) is 0 Å². The van der Waals surface area contributed by atoms with Gasteiger partial charge in [-0.3, -0.25) is 4.79 Å². The van der Waals surface area contributed by atoms with Gasteiger partial charge in [-0.15, -0.1) is 5.10 Å². The maximum Gasteiger partial charge on any atom is 0.277 e. The Balaban J connectivity index is 1.46. The van der Waals surface area contributed by atoms with Gasteiger partial charge in [0.1, 0.15) is 11.6 Å². The maximum atomic E-state index is 13.1. The lowest BCUT2D eigenvalue weighted by atomic mass is 10.2. The molecule has 2 N–H and O–H groups in total. The van der Waals surface area contributed by atoms with E-state index in [1.165, 1.54) is 35.1 Å². The van der Waals surface area contributed by atoms with Crippen LogP contribution in [0.2, 0.25) is 0 Å². The van der Waals surface area contributed by atoms with E-state index in [0.717, 1.165) is 5.56 Å². The summed E-state index contributed by atoms with van der Waals surface area (Å²) in [5, 5.41) is 13.6. The van der Waals surface area contributed by atoms with E-state index in [2.05, 4.69) is 25.9 Å². The number of amides is 1. The van der Waals surface area contributed by atoms with Gasteiger partial charge in [0, 0.05) is 11.9 Å². The number of nitrogens with zero attached hydrogens (tertiary/aromatic N) is 4. The molecule has 0 atom stereocenters. The monoisotopic (exact) mass is 406 g/mol. The molecule has 0 unspecified atom stereocenters. The molecule has 4 rings (SSSR count). The largest absolute Gasteiger partial charge is 0.338 e. The van der Waals surface area contributed by atoms with E-state index in [4.69, 9.17) is 0 Å². The first kappa shape index (κ1) is 19.2. The van der Waals surface area contributed by atoms with Crippen LogP contribution in [0.5, 0.6) is 0 Å². The number of nitrogens with one attached hydrogen (secondary N) is 2. The predicted molar refractivity (Wildman–Crippen MR) is 107 cm³/mol. The van der Waals surface area contributed by atoms with Crippen molar-refractivity contribution in [3.05, 3.63) is 95.9 Å². The van der Waals surface area contributed by atoms with E-state index in [0.29, 0.717) is 23.7 Å². The lowest BCUT2D eigenvalue weighted by Crippen LogP contribution is -2.14. The summed E-state index contributed by atoms with van der Waals surface area (Å²) >= 11 is 0. The van der Waals surface area contributed by atoms with Gasteiger partial charge in [-0.25, -0.2) is 18.4 Å². The summed E-state index contributed by atoms with van der Waals surface area (Å²) in [6.45, 7) is 0.352. The van der Waals surface area contributed by atoms with E-state index in [9.17, 15) is 13.6 Å². The number of halogens is 2. The van der Waals surface area contributed by atoms with E-state index < -0.39 is 5.91 Å². The van der Waals surface area contributed by atoms with Crippen LogP contribution in [0.1, 0.15) is 16.1 Å². The van der Waals surface area contributed by atoms with Gasteiger partial charge in [0.2, 0.25) is 0 Å². The number of benzene rings is 2. The first-order chi connectivity index (χ1) is 14.6. The van der Waals surface area contributed by atoms with Gasteiger partial charge in [0.25, 0.3) is 5.91 Å². The zero-order valence-corrected chi connectivity index (χ0v) is 15.6. The molecule has 0 bridgehead atoms. The Morgan fingerprint density at radius 1 is 0.967 bits per heavy atom. The highest BCUT2D eigenvalue weighted by atomic mass is 19.1. The molecule has 1 amide bonds. The highest BCUT2D eigenvalue weighted by Gasteiger charge is 2.14. The number of carbonyl (C=O) groups is 1. The Hall–Kier alpha value is -4.14. The number of pyridine rings is 1. The van der Waals surface area contributed by atoms with Gasteiger partial charge in [-0.2, -0.15) is 0 Å². The third-order valence-corrected chi connectivity index (χ3v) is 4.19. The van der Waals surface area contributed by atoms with Crippen molar-refractivity contribution >= 4 is 23.1 Å². The van der Waals surface area contributed by atoms with E-state index in [-0.39, 0.29) is 17.3 Å². The molecule has 2 aromatic heterocycles. The Morgan fingerprint density at radius 3 is 2.40 bits per heavy atom. The molecule has 0 radical (unpaired) electrons. The molecular formula is C21H16F2N6O. The lowest BCUT2D eigenvalue weighted by molar-refractivity contribution is 0.102. The van der Waals surface area contributed by atoms with Crippen LogP contribution in [0.3, 0.4) is 0 Å². The Bertz CT molecular complexity index is 1160. The topological polar surface area (TPSA) is 84.7 Å². The van der Waals surface area contributed by atoms with Crippen molar-refractivity contribution in [1.82, 2.24) is 20.0 Å². The number of hydrogen-bond acceptors (Lipinski definition) is 5. The van der Waals surface area contributed by atoms with Crippen LogP contribution in [-0.4, -0.2) is 25.9 Å². The Kier molecular flexibility index (Phi) is 5.42. The summed E-state index contributed by atoms with van der Waals surface area (Å²) < 4.78 is 27.6. The van der Waals surface area contributed by atoms with Gasteiger partial charge >= 0.3 is 0 Å². The molecule has 9 heteroatoms. The molecule has 4 aromatic rings. The van der Waals surface area contributed by atoms with E-state index >= 15 is 0 Å². The number of carbonyl (C=O) groups excluding carboxylic acids is 1. The molecule has 2 aromatic carbocycles. The second kappa shape index (κ2) is 8.48. The third kappa shape index (κ3) is 4.64. The number of rotatable bonds is 6. The number of hydrogen-bond donors (Lipinski definition) is 2. The number of anilines is 3. The van der Waals surface area contributed by atoms with Crippen LogP contribution in [0.4, 0.5) is 26.0 Å². The summed E-state index contributed by atoms with van der Waals surface area (Å²) in [6.07, 6.45) is 3.07. The Morgan fingerprint density at radius 2 is 1.67 bits per heavy atom. The van der Waals surface area contributed by atoms with Gasteiger partial charge < -0.3 is 10.6 Å². The minimum Gasteiger partial charge on any atom is -0.338 e. The molecule has 0 aliphatic carbocycles. The van der Waals surface area contributed by atoms with Crippen LogP contribution in [0.25, 0.3) is 0 Å². The van der Waals surface area contributed by atoms with Crippen molar-refractivity contribution in [2.75, 3.05) is 10.6 Å². The van der Waals surface area contributed by atoms with Gasteiger partial charge in [-0.1, -0.05) is 17.3 Å². The van der Waals surface area contributed by atoms with Crippen molar-refractivity contribution < 1.29 is 13.6 Å². The van der Waals surface area contributed by atoms with Crippen molar-refractivity contribution in [2.24, 2.45) is 0 Å². The first-order valence-corrected chi connectivity index (χ1v) is 9.00. The average Bonchev–Trinajstić information content (AvgIpc) is 3.21. The molecule has 30 heavy (non-hydrogen) atoms. The molecule has 0 aliphatic heterocycles. The molecule has 0 saturated carbocycles. The van der Waals surface area contributed by atoms with Gasteiger partial charge in [0.05, 0.1) is 18.4 Å².